The van der Waals surface area contributed by atoms with Crippen LogP contribution in [0.5, 0.6) is 0 Å². The van der Waals surface area contributed by atoms with Crippen molar-refractivity contribution in [1.82, 2.24) is 73.9 Å². The Balaban J connectivity index is 1.17. The van der Waals surface area contributed by atoms with Gasteiger partial charge in [0.05, 0.1) is 40.5 Å². The van der Waals surface area contributed by atoms with E-state index in [0.717, 1.165) is 82.7 Å². The van der Waals surface area contributed by atoms with Gasteiger partial charge in [0, 0.05) is 49.4 Å². The Kier molecular flexibility index (Phi) is 10.2. The van der Waals surface area contributed by atoms with Gasteiger partial charge < -0.3 is 4.57 Å². The molecule has 12 rings (SSSR count). The largest absolute Gasteiger partial charge is 0.307 e. The molecule has 0 saturated heterocycles. The molecule has 7 heterocycles. The summed E-state index contributed by atoms with van der Waals surface area (Å²) in [5.74, 6) is 8.06. The number of rotatable bonds is 7. The van der Waals surface area contributed by atoms with Crippen molar-refractivity contribution >= 4 is 49.3 Å². The van der Waals surface area contributed by atoms with Crippen molar-refractivity contribution in [1.29, 1.82) is 0 Å². The predicted molar refractivity (Wildman–Crippen MR) is 278 cm³/mol. The molecule has 16 nitrogen and oxygen atoms in total. The molecule has 0 aliphatic rings. The zero-order valence-corrected chi connectivity index (χ0v) is 40.5. The van der Waals surface area contributed by atoms with Gasteiger partial charge in [0.1, 0.15) is 52.4 Å². The fourth-order valence-electron chi connectivity index (χ4n) is 9.76. The number of fused-ring (bicyclic) bond motifs is 6. The van der Waals surface area contributed by atoms with Crippen molar-refractivity contribution in [3.05, 3.63) is 167 Å². The maximum Gasteiger partial charge on any atom is 0.187 e. The van der Waals surface area contributed by atoms with Crippen LogP contribution >= 0.6 is 0 Å². The number of aryl methyl sites for hydroxylation is 8. The van der Waals surface area contributed by atoms with Crippen molar-refractivity contribution < 1.29 is 0 Å². The third-order valence-corrected chi connectivity index (χ3v) is 12.6. The maximum atomic E-state index is 7.83. The van der Waals surface area contributed by atoms with Crippen molar-refractivity contribution in [2.75, 3.05) is 0 Å². The molecule has 0 fully saturated rings. The van der Waals surface area contributed by atoms with E-state index in [9.17, 15) is 0 Å². The van der Waals surface area contributed by atoms with Gasteiger partial charge in [-0.25, -0.2) is 69.6 Å². The normalized spacial score (nSPS) is 11.6. The van der Waals surface area contributed by atoms with Crippen LogP contribution in [0.1, 0.15) is 46.6 Å². The maximum absolute atomic E-state index is 7.83. The first-order valence-corrected chi connectivity index (χ1v) is 23.3. The van der Waals surface area contributed by atoms with Gasteiger partial charge >= 0.3 is 0 Å². The molecule has 0 N–H and O–H groups in total. The summed E-state index contributed by atoms with van der Waals surface area (Å²) >= 11 is 0. The van der Waals surface area contributed by atoms with E-state index in [2.05, 4.69) is 113 Å². The number of hydrogen-bond donors (Lipinski definition) is 0. The Morgan fingerprint density at radius 1 is 0.347 bits per heavy atom. The second-order valence-electron chi connectivity index (χ2n) is 17.8. The van der Waals surface area contributed by atoms with Gasteiger partial charge in [-0.1, -0.05) is 72.8 Å². The number of aromatic nitrogens is 15. The van der Waals surface area contributed by atoms with Crippen molar-refractivity contribution in [2.24, 2.45) is 0 Å². The minimum Gasteiger partial charge on any atom is -0.307 e. The van der Waals surface area contributed by atoms with E-state index in [1.54, 1.807) is 0 Å². The Hall–Kier alpha value is -9.62. The van der Waals surface area contributed by atoms with E-state index in [1.807, 2.05) is 85.9 Å². The lowest BCUT2D eigenvalue weighted by molar-refractivity contribution is 0.928. The first-order chi connectivity index (χ1) is 34.8. The fraction of sp³-hybridized carbons (Fsp3) is 0.143. The van der Waals surface area contributed by atoms with E-state index >= 15 is 0 Å². The van der Waals surface area contributed by atoms with E-state index in [1.165, 1.54) is 0 Å². The highest BCUT2D eigenvalue weighted by atomic mass is 15.1. The second kappa shape index (κ2) is 16.8. The molecule has 346 valence electrons. The summed E-state index contributed by atoms with van der Waals surface area (Å²) in [5, 5.41) is 4.04. The number of pyridine rings is 1. The van der Waals surface area contributed by atoms with Crippen LogP contribution in [0, 0.1) is 62.0 Å². The molecule has 0 aliphatic heterocycles. The first kappa shape index (κ1) is 43.6. The van der Waals surface area contributed by atoms with Crippen LogP contribution in [0.2, 0.25) is 0 Å². The van der Waals surface area contributed by atoms with Crippen LogP contribution in [0.25, 0.3) is 117 Å². The summed E-state index contributed by atoms with van der Waals surface area (Å²) in [5.41, 5.74) is 10.00. The first-order valence-electron chi connectivity index (χ1n) is 23.3. The molecule has 0 saturated carbocycles. The molecule has 0 radical (unpaired) electrons. The average Bonchev–Trinajstić information content (AvgIpc) is 3.86. The van der Waals surface area contributed by atoms with Gasteiger partial charge in [-0.2, -0.15) is 0 Å². The van der Waals surface area contributed by atoms with Gasteiger partial charge in [0.25, 0.3) is 0 Å². The smallest absolute Gasteiger partial charge is 0.187 e. The number of benzene rings is 5. The molecule has 0 spiro atoms. The van der Waals surface area contributed by atoms with Crippen LogP contribution in [0.15, 0.2) is 109 Å². The SMILES string of the molecule is [C-]#[N+]c1ccc(-c2cc(-n3c4cc(-c5nc(C)nc(C)n5)ccc4c4ccc(-c5nc(C)nc(C)n5)cc43)ncc2-n2c3cc(-c4nc(C)nc(C)n4)ccc3c3ccc(-c4nc(C)nc(C)n4)cc32)cc1. The van der Waals surface area contributed by atoms with Gasteiger partial charge in [-0.3, -0.25) is 4.57 Å². The van der Waals surface area contributed by atoms with Crippen molar-refractivity contribution in [2.45, 2.75) is 55.4 Å². The summed E-state index contributed by atoms with van der Waals surface area (Å²) in [4.78, 5) is 65.0. The minimum atomic E-state index is 0.529. The molecule has 12 aromatic rings. The van der Waals surface area contributed by atoms with Crippen LogP contribution in [0.3, 0.4) is 0 Å². The van der Waals surface area contributed by atoms with E-state index in [-0.39, 0.29) is 0 Å². The summed E-state index contributed by atoms with van der Waals surface area (Å²) in [7, 11) is 0. The second-order valence-corrected chi connectivity index (χ2v) is 17.8. The van der Waals surface area contributed by atoms with Crippen molar-refractivity contribution in [3.63, 3.8) is 0 Å². The highest BCUT2D eigenvalue weighted by Crippen LogP contribution is 2.42. The monoisotopic (exact) mass is 938 g/mol. The molecular formula is C56H42N16. The summed E-state index contributed by atoms with van der Waals surface area (Å²) < 4.78 is 4.42. The summed E-state index contributed by atoms with van der Waals surface area (Å²) in [6.45, 7) is 22.8. The average molecular weight is 939 g/mol. The van der Waals surface area contributed by atoms with Gasteiger partial charge in [0.2, 0.25) is 0 Å². The lowest BCUT2D eigenvalue weighted by atomic mass is 10.0. The summed E-state index contributed by atoms with van der Waals surface area (Å²) in [6.07, 6.45) is 1.93. The van der Waals surface area contributed by atoms with Crippen LogP contribution in [0.4, 0.5) is 5.69 Å². The Morgan fingerprint density at radius 3 is 0.972 bits per heavy atom. The summed E-state index contributed by atoms with van der Waals surface area (Å²) in [6, 6.07) is 35.0. The topological polar surface area (TPSA) is 182 Å². The zero-order valence-electron chi connectivity index (χ0n) is 40.5. The lowest BCUT2D eigenvalue weighted by Gasteiger charge is -2.17. The molecule has 7 aromatic heterocycles. The highest BCUT2D eigenvalue weighted by Gasteiger charge is 2.23. The lowest BCUT2D eigenvalue weighted by Crippen LogP contribution is -2.04. The third-order valence-electron chi connectivity index (χ3n) is 12.6. The molecular weight excluding hydrogens is 897 g/mol. The van der Waals surface area contributed by atoms with Crippen LogP contribution in [-0.2, 0) is 0 Å². The van der Waals surface area contributed by atoms with E-state index in [4.69, 9.17) is 51.4 Å². The van der Waals surface area contributed by atoms with Crippen molar-refractivity contribution in [3.8, 4) is 68.2 Å². The quantitative estimate of drug-likeness (QED) is 0.138. The number of nitrogens with zero attached hydrogens (tertiary/aromatic N) is 16. The molecule has 0 aliphatic carbocycles. The third kappa shape index (κ3) is 7.60. The standard InChI is InChI=1S/C56H42N16/c1-28-59-29(2)64-53(63-28)37-12-18-42-43-19-13-38(54-65-30(3)60-31(4)66-54)23-48(43)71(47(42)22-37)51-27-58-52(26-46(51)36-10-16-41(57-9)17-11-36)72-49-24-39(55-67-32(5)61-33(6)68-55)14-20-44(49)45-21-15-40(25-50(45)72)56-69-34(7)62-35(8)70-56/h10-27H,1-8H3. The molecule has 0 unspecified atom stereocenters. The highest BCUT2D eigenvalue weighted by molar-refractivity contribution is 6.12. The molecule has 0 amide bonds. The fourth-order valence-corrected chi connectivity index (χ4v) is 9.76. The van der Waals surface area contributed by atoms with Crippen LogP contribution in [-0.4, -0.2) is 73.9 Å². The number of hydrogen-bond acceptors (Lipinski definition) is 13. The van der Waals surface area contributed by atoms with E-state index < -0.39 is 0 Å². The van der Waals surface area contributed by atoms with Gasteiger partial charge in [0.15, 0.2) is 29.0 Å². The molecule has 72 heavy (non-hydrogen) atoms. The molecule has 0 atom stereocenters. The minimum absolute atomic E-state index is 0.529. The molecule has 16 heteroatoms. The Morgan fingerprint density at radius 2 is 0.653 bits per heavy atom. The van der Waals surface area contributed by atoms with E-state index in [0.29, 0.717) is 81.4 Å². The van der Waals surface area contributed by atoms with Gasteiger partial charge in [-0.15, -0.1) is 0 Å². The Labute approximate surface area is 412 Å². The zero-order chi connectivity index (χ0) is 49.5. The molecule has 5 aromatic carbocycles. The van der Waals surface area contributed by atoms with Crippen LogP contribution < -0.4 is 0 Å². The Bertz CT molecular complexity index is 3980. The molecule has 0 bridgehead atoms. The predicted octanol–water partition coefficient (Wildman–Crippen LogP) is 11.4. The van der Waals surface area contributed by atoms with Gasteiger partial charge in [-0.05, 0) is 91.3 Å².